The lowest BCUT2D eigenvalue weighted by Gasteiger charge is -1.99. The fraction of sp³-hybridized carbons (Fsp3) is 0.0625. The molecule has 2 aromatic carbocycles. The largest absolute Gasteiger partial charge is 0.366 e. The molecule has 0 atom stereocenters. The summed E-state index contributed by atoms with van der Waals surface area (Å²) < 4.78 is 13.4. The van der Waals surface area contributed by atoms with Crippen LogP contribution in [0.15, 0.2) is 42.5 Å². The van der Waals surface area contributed by atoms with Gasteiger partial charge in [0.1, 0.15) is 5.82 Å². The van der Waals surface area contributed by atoms with Crippen LogP contribution in [-0.4, -0.2) is 5.91 Å². The SMILES string of the molecule is Cc1ccc(/C=C/c2ccc(C(N)=O)cc2)cc1F. The quantitative estimate of drug-likeness (QED) is 0.839. The van der Waals surface area contributed by atoms with Crippen molar-refractivity contribution >= 4 is 18.1 Å². The highest BCUT2D eigenvalue weighted by Crippen LogP contribution is 2.13. The van der Waals surface area contributed by atoms with Crippen LogP contribution < -0.4 is 5.73 Å². The van der Waals surface area contributed by atoms with E-state index >= 15 is 0 Å². The molecule has 0 fully saturated rings. The summed E-state index contributed by atoms with van der Waals surface area (Å²) in [4.78, 5) is 10.9. The van der Waals surface area contributed by atoms with Crippen molar-refractivity contribution in [3.63, 3.8) is 0 Å². The number of amides is 1. The Morgan fingerprint density at radius 1 is 1.05 bits per heavy atom. The Hall–Kier alpha value is -2.42. The molecule has 2 N–H and O–H groups in total. The molecule has 0 saturated heterocycles. The van der Waals surface area contributed by atoms with Gasteiger partial charge in [-0.25, -0.2) is 4.39 Å². The van der Waals surface area contributed by atoms with E-state index in [4.69, 9.17) is 5.73 Å². The maximum atomic E-state index is 13.4. The number of benzene rings is 2. The molecule has 96 valence electrons. The Balaban J connectivity index is 2.17. The Morgan fingerprint density at radius 2 is 1.63 bits per heavy atom. The first kappa shape index (κ1) is 13.0. The zero-order chi connectivity index (χ0) is 13.8. The number of hydrogen-bond acceptors (Lipinski definition) is 1. The average Bonchev–Trinajstić information content (AvgIpc) is 2.40. The smallest absolute Gasteiger partial charge is 0.248 e. The molecule has 0 radical (unpaired) electrons. The van der Waals surface area contributed by atoms with E-state index in [1.54, 1.807) is 37.3 Å². The van der Waals surface area contributed by atoms with Gasteiger partial charge in [0.25, 0.3) is 0 Å². The molecular weight excluding hydrogens is 241 g/mol. The van der Waals surface area contributed by atoms with Crippen molar-refractivity contribution in [1.82, 2.24) is 0 Å². The summed E-state index contributed by atoms with van der Waals surface area (Å²) in [6.45, 7) is 1.73. The standard InChI is InChI=1S/C16H14FNO/c1-11-2-3-13(10-15(11)17)5-4-12-6-8-14(9-7-12)16(18)19/h2-10H,1H3,(H2,18,19)/b5-4+. The highest BCUT2D eigenvalue weighted by atomic mass is 19.1. The number of rotatable bonds is 3. The van der Waals surface area contributed by atoms with Crippen LogP contribution in [0.25, 0.3) is 12.2 Å². The molecule has 0 unspecified atom stereocenters. The number of carbonyl (C=O) groups is 1. The van der Waals surface area contributed by atoms with E-state index in [2.05, 4.69) is 0 Å². The fourth-order valence-corrected chi connectivity index (χ4v) is 1.66. The summed E-state index contributed by atoms with van der Waals surface area (Å²) in [6, 6.07) is 12.0. The maximum Gasteiger partial charge on any atom is 0.248 e. The highest BCUT2D eigenvalue weighted by molar-refractivity contribution is 5.93. The summed E-state index contributed by atoms with van der Waals surface area (Å²) in [7, 11) is 0. The number of nitrogens with two attached hydrogens (primary N) is 1. The molecule has 1 amide bonds. The van der Waals surface area contributed by atoms with E-state index in [0.717, 1.165) is 11.1 Å². The normalized spacial score (nSPS) is 10.8. The van der Waals surface area contributed by atoms with Crippen molar-refractivity contribution in [3.8, 4) is 0 Å². The van der Waals surface area contributed by atoms with Crippen molar-refractivity contribution in [2.75, 3.05) is 0 Å². The van der Waals surface area contributed by atoms with Gasteiger partial charge in [-0.05, 0) is 41.8 Å². The summed E-state index contributed by atoms with van der Waals surface area (Å²) >= 11 is 0. The summed E-state index contributed by atoms with van der Waals surface area (Å²) in [5, 5.41) is 0. The molecule has 0 saturated carbocycles. The average molecular weight is 255 g/mol. The number of hydrogen-bond donors (Lipinski definition) is 1. The molecule has 0 aromatic heterocycles. The first-order valence-electron chi connectivity index (χ1n) is 5.90. The molecule has 0 spiro atoms. The topological polar surface area (TPSA) is 43.1 Å². The van der Waals surface area contributed by atoms with Crippen LogP contribution in [0.1, 0.15) is 27.0 Å². The molecule has 3 heteroatoms. The van der Waals surface area contributed by atoms with Crippen LogP contribution >= 0.6 is 0 Å². The first-order chi connectivity index (χ1) is 9.06. The predicted octanol–water partition coefficient (Wildman–Crippen LogP) is 3.40. The van der Waals surface area contributed by atoms with Crippen LogP contribution in [0.4, 0.5) is 4.39 Å². The van der Waals surface area contributed by atoms with Crippen molar-refractivity contribution < 1.29 is 9.18 Å². The van der Waals surface area contributed by atoms with Crippen molar-refractivity contribution in [2.24, 2.45) is 5.73 Å². The molecule has 0 aliphatic carbocycles. The van der Waals surface area contributed by atoms with Crippen molar-refractivity contribution in [3.05, 3.63) is 70.5 Å². The molecule has 0 aliphatic heterocycles. The fourth-order valence-electron chi connectivity index (χ4n) is 1.66. The number of aryl methyl sites for hydroxylation is 1. The summed E-state index contributed by atoms with van der Waals surface area (Å²) in [5.41, 5.74) is 7.98. The second kappa shape index (κ2) is 5.48. The van der Waals surface area contributed by atoms with E-state index in [0.29, 0.717) is 11.1 Å². The zero-order valence-corrected chi connectivity index (χ0v) is 10.6. The highest BCUT2D eigenvalue weighted by Gasteiger charge is 1.99. The predicted molar refractivity (Wildman–Crippen MR) is 75.0 cm³/mol. The second-order valence-corrected chi connectivity index (χ2v) is 4.33. The third kappa shape index (κ3) is 3.28. The van der Waals surface area contributed by atoms with Crippen LogP contribution in [0.2, 0.25) is 0 Å². The molecule has 2 rings (SSSR count). The van der Waals surface area contributed by atoms with E-state index in [9.17, 15) is 9.18 Å². The van der Waals surface area contributed by atoms with Crippen molar-refractivity contribution in [1.29, 1.82) is 0 Å². The molecule has 0 aliphatic rings. The van der Waals surface area contributed by atoms with Gasteiger partial charge in [-0.1, -0.05) is 36.4 Å². The zero-order valence-electron chi connectivity index (χ0n) is 10.6. The van der Waals surface area contributed by atoms with E-state index in [-0.39, 0.29) is 5.82 Å². The van der Waals surface area contributed by atoms with Gasteiger partial charge >= 0.3 is 0 Å². The van der Waals surface area contributed by atoms with Crippen LogP contribution in [-0.2, 0) is 0 Å². The number of halogens is 1. The van der Waals surface area contributed by atoms with Gasteiger partial charge in [-0.3, -0.25) is 4.79 Å². The molecule has 2 aromatic rings. The molecular formula is C16H14FNO. The van der Waals surface area contributed by atoms with Crippen LogP contribution in [0.3, 0.4) is 0 Å². The Morgan fingerprint density at radius 3 is 2.21 bits per heavy atom. The van der Waals surface area contributed by atoms with Gasteiger partial charge in [-0.2, -0.15) is 0 Å². The summed E-state index contributed by atoms with van der Waals surface area (Å²) in [6.07, 6.45) is 3.68. The van der Waals surface area contributed by atoms with Gasteiger partial charge in [0, 0.05) is 5.56 Å². The Labute approximate surface area is 111 Å². The van der Waals surface area contributed by atoms with Gasteiger partial charge in [0.15, 0.2) is 0 Å². The lowest BCUT2D eigenvalue weighted by Crippen LogP contribution is -2.10. The molecule has 2 nitrogen and oxygen atoms in total. The Bertz CT molecular complexity index is 630. The van der Waals surface area contributed by atoms with Gasteiger partial charge < -0.3 is 5.73 Å². The molecule has 0 bridgehead atoms. The van der Waals surface area contributed by atoms with Gasteiger partial charge in [0.2, 0.25) is 5.91 Å². The van der Waals surface area contributed by atoms with E-state index in [1.165, 1.54) is 6.07 Å². The first-order valence-corrected chi connectivity index (χ1v) is 5.90. The molecule has 0 heterocycles. The lowest BCUT2D eigenvalue weighted by atomic mass is 10.1. The minimum absolute atomic E-state index is 0.216. The maximum absolute atomic E-state index is 13.4. The van der Waals surface area contributed by atoms with Gasteiger partial charge in [0.05, 0.1) is 0 Å². The minimum atomic E-state index is -0.448. The third-order valence-electron chi connectivity index (χ3n) is 2.86. The number of primary amides is 1. The Kier molecular flexibility index (Phi) is 3.76. The van der Waals surface area contributed by atoms with Crippen LogP contribution in [0.5, 0.6) is 0 Å². The van der Waals surface area contributed by atoms with Crippen molar-refractivity contribution in [2.45, 2.75) is 6.92 Å². The minimum Gasteiger partial charge on any atom is -0.366 e. The van der Waals surface area contributed by atoms with Gasteiger partial charge in [-0.15, -0.1) is 0 Å². The second-order valence-electron chi connectivity index (χ2n) is 4.33. The monoisotopic (exact) mass is 255 g/mol. The van der Waals surface area contributed by atoms with E-state index in [1.807, 2.05) is 18.2 Å². The lowest BCUT2D eigenvalue weighted by molar-refractivity contribution is 0.100. The van der Waals surface area contributed by atoms with Crippen LogP contribution in [0, 0.1) is 12.7 Å². The third-order valence-corrected chi connectivity index (χ3v) is 2.86. The summed E-state index contributed by atoms with van der Waals surface area (Å²) in [5.74, 6) is -0.664. The van der Waals surface area contributed by atoms with E-state index < -0.39 is 5.91 Å². The molecule has 19 heavy (non-hydrogen) atoms. The number of carbonyl (C=O) groups excluding carboxylic acids is 1.